The summed E-state index contributed by atoms with van der Waals surface area (Å²) in [7, 11) is 1.60. The van der Waals surface area contributed by atoms with Crippen LogP contribution in [-0.2, 0) is 0 Å². The first-order valence-electron chi connectivity index (χ1n) is 9.39. The standard InChI is InChI=1S/C23H19FN2O3/c1-28-21-11-5-9-17-19-13-18(16-8-2-3-10-20(16)27)25-26(19)23(29-22(17)21)14-6-4-7-15(24)12-14/h2-12,19,23,27H,13H2,1H3/t19-,23+/m1/s1. The van der Waals surface area contributed by atoms with E-state index >= 15 is 0 Å². The summed E-state index contributed by atoms with van der Waals surface area (Å²) >= 11 is 0. The molecule has 2 aliphatic heterocycles. The van der Waals surface area contributed by atoms with Gasteiger partial charge in [0.25, 0.3) is 0 Å². The number of hydrogen-bond acceptors (Lipinski definition) is 5. The molecule has 5 nitrogen and oxygen atoms in total. The molecule has 0 aliphatic carbocycles. The summed E-state index contributed by atoms with van der Waals surface area (Å²) in [6.45, 7) is 0. The van der Waals surface area contributed by atoms with E-state index in [0.29, 0.717) is 29.0 Å². The monoisotopic (exact) mass is 390 g/mol. The summed E-state index contributed by atoms with van der Waals surface area (Å²) in [4.78, 5) is 0. The van der Waals surface area contributed by atoms with Crippen LogP contribution >= 0.6 is 0 Å². The number of halogens is 1. The third kappa shape index (κ3) is 2.88. The lowest BCUT2D eigenvalue weighted by molar-refractivity contribution is -0.0210. The van der Waals surface area contributed by atoms with Crippen LogP contribution in [0.25, 0.3) is 0 Å². The van der Waals surface area contributed by atoms with Gasteiger partial charge in [-0.15, -0.1) is 0 Å². The second-order valence-corrected chi connectivity index (χ2v) is 7.07. The molecule has 3 aromatic rings. The van der Waals surface area contributed by atoms with Crippen LogP contribution in [0, 0.1) is 5.82 Å². The molecule has 0 saturated carbocycles. The maximum absolute atomic E-state index is 13.9. The van der Waals surface area contributed by atoms with Gasteiger partial charge in [-0.25, -0.2) is 9.40 Å². The van der Waals surface area contributed by atoms with Crippen LogP contribution in [-0.4, -0.2) is 22.9 Å². The summed E-state index contributed by atoms with van der Waals surface area (Å²) < 4.78 is 25.7. The smallest absolute Gasteiger partial charge is 0.214 e. The fraction of sp³-hybridized carbons (Fsp3) is 0.174. The van der Waals surface area contributed by atoms with Gasteiger partial charge in [-0.05, 0) is 30.3 Å². The molecule has 0 radical (unpaired) electrons. The van der Waals surface area contributed by atoms with E-state index in [4.69, 9.17) is 14.6 Å². The lowest BCUT2D eigenvalue weighted by Crippen LogP contribution is -2.34. The van der Waals surface area contributed by atoms with Crippen LogP contribution < -0.4 is 9.47 Å². The highest BCUT2D eigenvalue weighted by Gasteiger charge is 2.42. The summed E-state index contributed by atoms with van der Waals surface area (Å²) in [5, 5.41) is 16.9. The predicted molar refractivity (Wildman–Crippen MR) is 107 cm³/mol. The van der Waals surface area contributed by atoms with E-state index in [9.17, 15) is 9.50 Å². The van der Waals surface area contributed by atoms with Crippen molar-refractivity contribution in [2.24, 2.45) is 5.10 Å². The van der Waals surface area contributed by atoms with Crippen LogP contribution in [0.15, 0.2) is 71.8 Å². The second kappa shape index (κ2) is 6.81. The fourth-order valence-electron chi connectivity index (χ4n) is 4.01. The molecule has 2 heterocycles. The number of fused-ring (bicyclic) bond motifs is 3. The van der Waals surface area contributed by atoms with Gasteiger partial charge in [0.2, 0.25) is 6.23 Å². The van der Waals surface area contributed by atoms with Gasteiger partial charge in [-0.3, -0.25) is 0 Å². The quantitative estimate of drug-likeness (QED) is 0.699. The van der Waals surface area contributed by atoms with Gasteiger partial charge in [0.05, 0.1) is 18.9 Å². The SMILES string of the molecule is COc1cccc2c1O[C@@H](c1cccc(F)c1)N1N=C(c3ccccc3O)C[C@H]21. The van der Waals surface area contributed by atoms with Gasteiger partial charge in [0.15, 0.2) is 11.5 Å². The molecule has 3 aromatic carbocycles. The van der Waals surface area contributed by atoms with Gasteiger partial charge in [-0.1, -0.05) is 36.4 Å². The van der Waals surface area contributed by atoms with E-state index in [1.807, 2.05) is 41.4 Å². The number of ether oxygens (including phenoxy) is 2. The van der Waals surface area contributed by atoms with Gasteiger partial charge in [0.1, 0.15) is 11.6 Å². The maximum Gasteiger partial charge on any atom is 0.214 e. The number of nitrogens with zero attached hydrogens (tertiary/aromatic N) is 2. The molecule has 146 valence electrons. The highest BCUT2D eigenvalue weighted by Crippen LogP contribution is 2.50. The zero-order chi connectivity index (χ0) is 20.0. The second-order valence-electron chi connectivity index (χ2n) is 7.07. The summed E-state index contributed by atoms with van der Waals surface area (Å²) in [6, 6.07) is 19.1. The Morgan fingerprint density at radius 1 is 1.10 bits per heavy atom. The van der Waals surface area contributed by atoms with Crippen molar-refractivity contribution in [3.8, 4) is 17.2 Å². The van der Waals surface area contributed by atoms with Gasteiger partial charge >= 0.3 is 0 Å². The Morgan fingerprint density at radius 2 is 1.93 bits per heavy atom. The fourth-order valence-corrected chi connectivity index (χ4v) is 4.01. The number of rotatable bonds is 3. The number of benzene rings is 3. The van der Waals surface area contributed by atoms with Crippen molar-refractivity contribution < 1.29 is 19.0 Å². The number of hydrogen-bond donors (Lipinski definition) is 1. The molecule has 0 unspecified atom stereocenters. The lowest BCUT2D eigenvalue weighted by atomic mass is 9.95. The normalized spacial score (nSPS) is 19.8. The zero-order valence-electron chi connectivity index (χ0n) is 15.7. The van der Waals surface area contributed by atoms with Gasteiger partial charge in [-0.2, -0.15) is 5.10 Å². The van der Waals surface area contributed by atoms with Gasteiger partial charge < -0.3 is 14.6 Å². The van der Waals surface area contributed by atoms with E-state index < -0.39 is 6.23 Å². The third-order valence-electron chi connectivity index (χ3n) is 5.35. The number of para-hydroxylation sites is 2. The summed E-state index contributed by atoms with van der Waals surface area (Å²) in [5.41, 5.74) is 3.05. The first-order chi connectivity index (χ1) is 14.2. The molecule has 1 N–H and O–H groups in total. The van der Waals surface area contributed by atoms with Crippen LogP contribution in [0.1, 0.15) is 35.4 Å². The first-order valence-corrected chi connectivity index (χ1v) is 9.39. The van der Waals surface area contributed by atoms with Crippen molar-refractivity contribution in [2.45, 2.75) is 18.7 Å². The van der Waals surface area contributed by atoms with Crippen LogP contribution in [0.5, 0.6) is 17.2 Å². The number of aromatic hydroxyl groups is 1. The Balaban J connectivity index is 1.65. The molecule has 0 fully saturated rings. The molecular formula is C23H19FN2O3. The van der Waals surface area contributed by atoms with Crippen LogP contribution in [0.4, 0.5) is 4.39 Å². The number of phenols is 1. The third-order valence-corrected chi connectivity index (χ3v) is 5.35. The van der Waals surface area contributed by atoms with Crippen molar-refractivity contribution >= 4 is 5.71 Å². The Labute approximate surface area is 167 Å². The molecule has 5 rings (SSSR count). The van der Waals surface area contributed by atoms with Crippen LogP contribution in [0.2, 0.25) is 0 Å². The molecule has 2 atom stereocenters. The van der Waals surface area contributed by atoms with Crippen LogP contribution in [0.3, 0.4) is 0 Å². The highest BCUT2D eigenvalue weighted by molar-refractivity contribution is 6.04. The minimum Gasteiger partial charge on any atom is -0.507 e. The van der Waals surface area contributed by atoms with Crippen molar-refractivity contribution in [3.05, 3.63) is 89.2 Å². The topological polar surface area (TPSA) is 54.3 Å². The Bertz CT molecular complexity index is 1110. The minimum atomic E-state index is -0.608. The average Bonchev–Trinajstić information content (AvgIpc) is 3.18. The Kier molecular flexibility index (Phi) is 4.12. The molecule has 2 aliphatic rings. The van der Waals surface area contributed by atoms with E-state index in [2.05, 4.69) is 0 Å². The van der Waals surface area contributed by atoms with Gasteiger partial charge in [0, 0.05) is 23.1 Å². The summed E-state index contributed by atoms with van der Waals surface area (Å²) in [5.74, 6) is 1.11. The Hall–Kier alpha value is -3.54. The summed E-state index contributed by atoms with van der Waals surface area (Å²) in [6.07, 6.45) is -0.0183. The van der Waals surface area contributed by atoms with E-state index in [0.717, 1.165) is 11.3 Å². The molecule has 0 saturated heterocycles. The number of hydrazone groups is 1. The maximum atomic E-state index is 13.9. The average molecular weight is 390 g/mol. The highest BCUT2D eigenvalue weighted by atomic mass is 19.1. The minimum absolute atomic E-state index is 0.114. The lowest BCUT2D eigenvalue weighted by Gasteiger charge is -2.38. The molecule has 0 aromatic heterocycles. The largest absolute Gasteiger partial charge is 0.507 e. The molecule has 0 bridgehead atoms. The van der Waals surface area contributed by atoms with Crippen molar-refractivity contribution in [3.63, 3.8) is 0 Å². The predicted octanol–water partition coefficient (Wildman–Crippen LogP) is 4.78. The molecule has 0 spiro atoms. The van der Waals surface area contributed by atoms with Crippen molar-refractivity contribution in [1.82, 2.24) is 5.01 Å². The molecule has 0 amide bonds. The molecule has 6 heteroatoms. The number of phenolic OH excluding ortho intramolecular Hbond substituents is 1. The number of methoxy groups -OCH3 is 1. The molecule has 29 heavy (non-hydrogen) atoms. The van der Waals surface area contributed by atoms with E-state index in [1.54, 1.807) is 25.3 Å². The Morgan fingerprint density at radius 3 is 2.72 bits per heavy atom. The zero-order valence-corrected chi connectivity index (χ0v) is 15.7. The van der Waals surface area contributed by atoms with Crippen molar-refractivity contribution in [1.29, 1.82) is 0 Å². The van der Waals surface area contributed by atoms with E-state index in [-0.39, 0.29) is 17.6 Å². The van der Waals surface area contributed by atoms with E-state index in [1.165, 1.54) is 12.1 Å². The molecular weight excluding hydrogens is 371 g/mol. The first kappa shape index (κ1) is 17.6. The van der Waals surface area contributed by atoms with Crippen molar-refractivity contribution in [2.75, 3.05) is 7.11 Å².